The van der Waals surface area contributed by atoms with Gasteiger partial charge in [0.15, 0.2) is 0 Å². The van der Waals surface area contributed by atoms with Crippen LogP contribution in [0.15, 0.2) is 18.2 Å². The summed E-state index contributed by atoms with van der Waals surface area (Å²) in [6.45, 7) is 0.670. The van der Waals surface area contributed by atoms with Crippen LogP contribution in [0.4, 0.5) is 5.69 Å². The Morgan fingerprint density at radius 3 is 2.84 bits per heavy atom. The number of nitrogens with one attached hydrogen (secondary N) is 2. The van der Waals surface area contributed by atoms with Crippen molar-refractivity contribution in [3.05, 3.63) is 28.8 Å². The van der Waals surface area contributed by atoms with E-state index < -0.39 is 0 Å². The smallest absolute Gasteiger partial charge is 0.253 e. The number of hydrogen-bond acceptors (Lipinski definition) is 4. The topological polar surface area (TPSA) is 67.2 Å². The summed E-state index contributed by atoms with van der Waals surface area (Å²) in [6, 6.07) is 4.99. The molecule has 0 unspecified atom stereocenters. The normalized spacial score (nSPS) is 10.3. The van der Waals surface area contributed by atoms with Gasteiger partial charge in [0.05, 0.1) is 11.3 Å². The molecule has 1 rings (SSSR count). The molecule has 0 radical (unpaired) electrons. The number of thioether (sulfide) groups is 1. The number of anilines is 1. The fourth-order valence-corrected chi connectivity index (χ4v) is 2.34. The van der Waals surface area contributed by atoms with Crippen LogP contribution in [0.1, 0.15) is 29.6 Å². The second-order valence-corrected chi connectivity index (χ2v) is 5.57. The number of hydrazine groups is 1. The second-order valence-electron chi connectivity index (χ2n) is 4.14. The van der Waals surface area contributed by atoms with Gasteiger partial charge in [0.2, 0.25) is 0 Å². The monoisotopic (exact) mass is 301 g/mol. The van der Waals surface area contributed by atoms with Gasteiger partial charge in [-0.2, -0.15) is 11.8 Å². The van der Waals surface area contributed by atoms with Crippen LogP contribution in [-0.2, 0) is 0 Å². The van der Waals surface area contributed by atoms with Crippen LogP contribution >= 0.6 is 23.4 Å². The molecule has 1 amide bonds. The average Bonchev–Trinajstić information content (AvgIpc) is 2.42. The molecule has 4 nitrogen and oxygen atoms in total. The summed E-state index contributed by atoms with van der Waals surface area (Å²) in [7, 11) is 0. The first-order valence-corrected chi connectivity index (χ1v) is 7.99. The van der Waals surface area contributed by atoms with E-state index in [4.69, 9.17) is 17.4 Å². The SMILES string of the molecule is CSCCCCCNC(=O)c1cc(Cl)ccc1NN. The molecule has 4 N–H and O–H groups in total. The molecule has 6 heteroatoms. The van der Waals surface area contributed by atoms with Crippen LogP contribution in [0.2, 0.25) is 5.02 Å². The highest BCUT2D eigenvalue weighted by molar-refractivity contribution is 7.98. The van der Waals surface area contributed by atoms with E-state index >= 15 is 0 Å². The van der Waals surface area contributed by atoms with Crippen LogP contribution in [0.5, 0.6) is 0 Å². The van der Waals surface area contributed by atoms with E-state index in [1.807, 2.05) is 11.8 Å². The van der Waals surface area contributed by atoms with Gasteiger partial charge in [-0.3, -0.25) is 10.6 Å². The van der Waals surface area contributed by atoms with E-state index in [2.05, 4.69) is 17.0 Å². The van der Waals surface area contributed by atoms with Gasteiger partial charge < -0.3 is 10.7 Å². The molecule has 106 valence electrons. The van der Waals surface area contributed by atoms with Crippen molar-refractivity contribution in [2.75, 3.05) is 24.0 Å². The van der Waals surface area contributed by atoms with Crippen molar-refractivity contribution in [2.45, 2.75) is 19.3 Å². The Bertz CT molecular complexity index is 415. The molecule has 0 heterocycles. The Hall–Kier alpha value is -0.910. The van der Waals surface area contributed by atoms with Gasteiger partial charge in [0.1, 0.15) is 0 Å². The molecule has 1 aromatic rings. The Balaban J connectivity index is 2.43. The van der Waals surface area contributed by atoms with Gasteiger partial charge in [0.25, 0.3) is 5.91 Å². The summed E-state index contributed by atoms with van der Waals surface area (Å²) in [5.41, 5.74) is 3.54. The number of carbonyl (C=O) groups is 1. The minimum absolute atomic E-state index is 0.152. The van der Waals surface area contributed by atoms with Gasteiger partial charge >= 0.3 is 0 Å². The van der Waals surface area contributed by atoms with Crippen molar-refractivity contribution in [2.24, 2.45) is 5.84 Å². The van der Waals surface area contributed by atoms with Crippen molar-refractivity contribution in [1.82, 2.24) is 5.32 Å². The molecular weight excluding hydrogens is 282 g/mol. The third-order valence-corrected chi connectivity index (χ3v) is 3.62. The lowest BCUT2D eigenvalue weighted by Crippen LogP contribution is -2.26. The predicted octanol–water partition coefficient (Wildman–Crippen LogP) is 2.89. The predicted molar refractivity (Wildman–Crippen MR) is 83.8 cm³/mol. The fraction of sp³-hybridized carbons (Fsp3) is 0.462. The summed E-state index contributed by atoms with van der Waals surface area (Å²) < 4.78 is 0. The quantitative estimate of drug-likeness (QED) is 0.392. The second kappa shape index (κ2) is 9.07. The maximum absolute atomic E-state index is 12.0. The zero-order valence-electron chi connectivity index (χ0n) is 11.0. The van der Waals surface area contributed by atoms with Crippen molar-refractivity contribution < 1.29 is 4.79 Å². The highest BCUT2D eigenvalue weighted by Gasteiger charge is 2.10. The first kappa shape index (κ1) is 16.1. The lowest BCUT2D eigenvalue weighted by Gasteiger charge is -2.10. The Labute approximate surface area is 123 Å². The maximum atomic E-state index is 12.0. The molecule has 0 bridgehead atoms. The summed E-state index contributed by atoms with van der Waals surface area (Å²) in [5.74, 6) is 6.39. The lowest BCUT2D eigenvalue weighted by molar-refractivity contribution is 0.0954. The molecule has 0 fully saturated rings. The van der Waals surface area contributed by atoms with E-state index in [0.29, 0.717) is 22.8 Å². The highest BCUT2D eigenvalue weighted by atomic mass is 35.5. The lowest BCUT2D eigenvalue weighted by atomic mass is 10.1. The molecule has 0 aliphatic rings. The van der Waals surface area contributed by atoms with Gasteiger partial charge in [-0.05, 0) is 43.0 Å². The zero-order chi connectivity index (χ0) is 14.1. The van der Waals surface area contributed by atoms with Crippen LogP contribution in [0.25, 0.3) is 0 Å². The number of benzene rings is 1. The van der Waals surface area contributed by atoms with Gasteiger partial charge in [0, 0.05) is 11.6 Å². The van der Waals surface area contributed by atoms with Crippen LogP contribution in [0.3, 0.4) is 0 Å². The third-order valence-electron chi connectivity index (χ3n) is 2.69. The van der Waals surface area contributed by atoms with Crippen molar-refractivity contribution in [3.63, 3.8) is 0 Å². The van der Waals surface area contributed by atoms with Gasteiger partial charge in [-0.1, -0.05) is 18.0 Å². The Kier molecular flexibility index (Phi) is 7.70. The summed E-state index contributed by atoms with van der Waals surface area (Å²) in [4.78, 5) is 12.0. The number of nitrogen functional groups attached to an aromatic ring is 1. The highest BCUT2D eigenvalue weighted by Crippen LogP contribution is 2.19. The van der Waals surface area contributed by atoms with E-state index in [0.717, 1.165) is 12.8 Å². The fourth-order valence-electron chi connectivity index (χ4n) is 1.68. The number of hydrogen-bond donors (Lipinski definition) is 3. The van der Waals surface area contributed by atoms with E-state index in [-0.39, 0.29) is 5.91 Å². The van der Waals surface area contributed by atoms with Crippen LogP contribution in [0, 0.1) is 0 Å². The molecule has 0 spiro atoms. The number of unbranched alkanes of at least 4 members (excludes halogenated alkanes) is 2. The number of halogens is 1. The van der Waals surface area contributed by atoms with Crippen LogP contribution < -0.4 is 16.6 Å². The number of amides is 1. The maximum Gasteiger partial charge on any atom is 0.253 e. The molecule has 0 aliphatic carbocycles. The van der Waals surface area contributed by atoms with E-state index in [9.17, 15) is 4.79 Å². The largest absolute Gasteiger partial charge is 0.352 e. The van der Waals surface area contributed by atoms with Gasteiger partial charge in [-0.15, -0.1) is 0 Å². The molecule has 0 aliphatic heterocycles. The average molecular weight is 302 g/mol. The first-order chi connectivity index (χ1) is 9.19. The molecule has 0 aromatic heterocycles. The molecule has 1 aromatic carbocycles. The van der Waals surface area contributed by atoms with Gasteiger partial charge in [-0.25, -0.2) is 0 Å². The van der Waals surface area contributed by atoms with Crippen molar-refractivity contribution >= 4 is 35.0 Å². The zero-order valence-corrected chi connectivity index (χ0v) is 12.6. The first-order valence-electron chi connectivity index (χ1n) is 6.22. The van der Waals surface area contributed by atoms with Crippen molar-refractivity contribution in [3.8, 4) is 0 Å². The number of rotatable bonds is 8. The molecule has 0 saturated heterocycles. The number of nitrogens with two attached hydrogens (primary N) is 1. The molecule has 19 heavy (non-hydrogen) atoms. The minimum atomic E-state index is -0.152. The Morgan fingerprint density at radius 1 is 1.37 bits per heavy atom. The third kappa shape index (κ3) is 5.72. The summed E-state index contributed by atoms with van der Waals surface area (Å²) in [6.07, 6.45) is 5.39. The van der Waals surface area contributed by atoms with Crippen molar-refractivity contribution in [1.29, 1.82) is 0 Å². The molecular formula is C13H20ClN3OS. The standard InChI is InChI=1S/C13H20ClN3OS/c1-19-8-4-2-3-7-16-13(18)11-9-10(14)5-6-12(11)17-15/h5-6,9,17H,2-4,7-8,15H2,1H3,(H,16,18). The summed E-state index contributed by atoms with van der Waals surface area (Å²) in [5, 5.41) is 3.40. The van der Waals surface area contributed by atoms with E-state index in [1.165, 1.54) is 12.2 Å². The minimum Gasteiger partial charge on any atom is -0.352 e. The number of carbonyl (C=O) groups excluding carboxylic acids is 1. The molecule has 0 atom stereocenters. The van der Waals surface area contributed by atoms with E-state index in [1.54, 1.807) is 18.2 Å². The Morgan fingerprint density at radius 2 is 2.16 bits per heavy atom. The van der Waals surface area contributed by atoms with Crippen LogP contribution in [-0.4, -0.2) is 24.5 Å². The summed E-state index contributed by atoms with van der Waals surface area (Å²) >= 11 is 7.73. The molecule has 0 saturated carbocycles.